The van der Waals surface area contributed by atoms with Crippen molar-refractivity contribution in [2.45, 2.75) is 33.1 Å². The lowest BCUT2D eigenvalue weighted by Crippen LogP contribution is -2.38. The number of rotatable bonds is 9. The maximum absolute atomic E-state index is 5.18. The molecule has 5 nitrogen and oxygen atoms in total. The van der Waals surface area contributed by atoms with Crippen molar-refractivity contribution in [2.75, 3.05) is 26.7 Å². The Morgan fingerprint density at radius 2 is 2.00 bits per heavy atom. The van der Waals surface area contributed by atoms with Crippen molar-refractivity contribution in [3.63, 3.8) is 0 Å². The Labute approximate surface area is 154 Å². The molecule has 6 heteroatoms. The van der Waals surface area contributed by atoms with Gasteiger partial charge in [-0.25, -0.2) is 4.98 Å². The molecule has 2 N–H and O–H groups in total. The number of methoxy groups -OCH3 is 1. The number of guanidine groups is 1. The van der Waals surface area contributed by atoms with Crippen LogP contribution in [0.2, 0.25) is 0 Å². The van der Waals surface area contributed by atoms with E-state index in [1.54, 1.807) is 18.4 Å². The zero-order chi connectivity index (χ0) is 17.9. The molecule has 1 heterocycles. The molecule has 0 spiro atoms. The molecule has 0 fully saturated rings. The third-order valence-electron chi connectivity index (χ3n) is 3.70. The molecule has 0 unspecified atom stereocenters. The maximum atomic E-state index is 5.18. The minimum atomic E-state index is 0.803. The zero-order valence-electron chi connectivity index (χ0n) is 15.3. The van der Waals surface area contributed by atoms with Crippen LogP contribution in [0.25, 0.3) is 0 Å². The highest BCUT2D eigenvalue weighted by atomic mass is 32.1. The van der Waals surface area contributed by atoms with Gasteiger partial charge in [-0.1, -0.05) is 12.1 Å². The van der Waals surface area contributed by atoms with E-state index in [4.69, 9.17) is 4.74 Å². The Morgan fingerprint density at radius 1 is 1.20 bits per heavy atom. The molecule has 0 saturated heterocycles. The van der Waals surface area contributed by atoms with E-state index < -0.39 is 0 Å². The summed E-state index contributed by atoms with van der Waals surface area (Å²) in [5.74, 6) is 1.78. The molecule has 0 radical (unpaired) electrons. The number of hydrogen-bond donors (Lipinski definition) is 2. The number of thiazole rings is 1. The summed E-state index contributed by atoms with van der Waals surface area (Å²) in [6, 6.07) is 8.24. The fourth-order valence-corrected chi connectivity index (χ4v) is 3.20. The van der Waals surface area contributed by atoms with Crippen molar-refractivity contribution in [3.8, 4) is 5.75 Å². The lowest BCUT2D eigenvalue weighted by molar-refractivity contribution is 0.414. The first-order chi connectivity index (χ1) is 12.2. The number of nitrogens with one attached hydrogen (secondary N) is 2. The molecule has 2 rings (SSSR count). The van der Waals surface area contributed by atoms with Gasteiger partial charge in [-0.05, 0) is 44.4 Å². The van der Waals surface area contributed by atoms with Gasteiger partial charge < -0.3 is 15.4 Å². The Bertz CT molecular complexity index is 652. The van der Waals surface area contributed by atoms with E-state index in [0.717, 1.165) is 50.6 Å². The predicted octanol–water partition coefficient (Wildman–Crippen LogP) is 3.19. The number of aliphatic imine (C=N–C) groups is 1. The van der Waals surface area contributed by atoms with Crippen molar-refractivity contribution >= 4 is 17.3 Å². The van der Waals surface area contributed by atoms with Crippen molar-refractivity contribution in [2.24, 2.45) is 4.99 Å². The highest BCUT2D eigenvalue weighted by Gasteiger charge is 2.01. The van der Waals surface area contributed by atoms with Gasteiger partial charge in [0, 0.05) is 37.1 Å². The first-order valence-electron chi connectivity index (χ1n) is 8.77. The summed E-state index contributed by atoms with van der Waals surface area (Å²) in [7, 11) is 1.69. The largest absolute Gasteiger partial charge is 0.497 e. The summed E-state index contributed by atoms with van der Waals surface area (Å²) < 4.78 is 5.18. The molecule has 0 atom stereocenters. The molecular weight excluding hydrogens is 332 g/mol. The summed E-state index contributed by atoms with van der Waals surface area (Å²) >= 11 is 1.75. The van der Waals surface area contributed by atoms with Crippen molar-refractivity contribution in [3.05, 3.63) is 45.9 Å². The fraction of sp³-hybridized carbons (Fsp3) is 0.474. The Balaban J connectivity index is 1.72. The first-order valence-corrected chi connectivity index (χ1v) is 9.59. The highest BCUT2D eigenvalue weighted by Crippen LogP contribution is 2.12. The molecule has 1 aromatic carbocycles. The number of hydrogen-bond acceptors (Lipinski definition) is 4. The van der Waals surface area contributed by atoms with Crippen LogP contribution in [0.15, 0.2) is 35.5 Å². The minimum absolute atomic E-state index is 0.803. The lowest BCUT2D eigenvalue weighted by atomic mass is 10.1. The Hall–Kier alpha value is -2.08. The van der Waals surface area contributed by atoms with Gasteiger partial charge in [0.2, 0.25) is 0 Å². The third-order valence-corrected chi connectivity index (χ3v) is 4.67. The topological polar surface area (TPSA) is 58.5 Å². The number of aryl methyl sites for hydroxylation is 2. The fourth-order valence-electron chi connectivity index (χ4n) is 2.41. The molecule has 0 aliphatic rings. The quantitative estimate of drug-likeness (QED) is 0.410. The van der Waals surface area contributed by atoms with Crippen molar-refractivity contribution < 1.29 is 4.74 Å². The first kappa shape index (κ1) is 19.2. The molecular formula is C19H28N4OS. The van der Waals surface area contributed by atoms with Crippen LogP contribution in [-0.4, -0.2) is 37.7 Å². The highest BCUT2D eigenvalue weighted by molar-refractivity contribution is 7.11. The standard InChI is InChI=1S/C19H28N4OS/c1-4-20-19(22-13-11-18-23-14-15(2)25-18)21-12-5-6-16-7-9-17(24-3)10-8-16/h7-10,14H,4-6,11-13H2,1-3H3,(H2,20,21,22). The van der Waals surface area contributed by atoms with Gasteiger partial charge in [0.25, 0.3) is 0 Å². The monoisotopic (exact) mass is 360 g/mol. The zero-order valence-corrected chi connectivity index (χ0v) is 16.2. The molecule has 0 amide bonds. The van der Waals surface area contributed by atoms with E-state index in [9.17, 15) is 0 Å². The molecule has 0 aliphatic heterocycles. The minimum Gasteiger partial charge on any atom is -0.497 e. The van der Waals surface area contributed by atoms with Crippen LogP contribution in [0, 0.1) is 6.92 Å². The van der Waals surface area contributed by atoms with Gasteiger partial charge in [0.15, 0.2) is 5.96 Å². The van der Waals surface area contributed by atoms with Crippen LogP contribution in [0.5, 0.6) is 5.75 Å². The number of nitrogens with zero attached hydrogens (tertiary/aromatic N) is 2. The molecule has 0 aliphatic carbocycles. The van der Waals surface area contributed by atoms with Crippen LogP contribution in [-0.2, 0) is 12.8 Å². The van der Waals surface area contributed by atoms with E-state index in [2.05, 4.69) is 46.6 Å². The lowest BCUT2D eigenvalue weighted by Gasteiger charge is -2.10. The number of benzene rings is 1. The van der Waals surface area contributed by atoms with Gasteiger partial charge in [-0.2, -0.15) is 0 Å². The smallest absolute Gasteiger partial charge is 0.191 e. The molecule has 0 saturated carbocycles. The number of aromatic nitrogens is 1. The second-order valence-corrected chi connectivity index (χ2v) is 7.07. The van der Waals surface area contributed by atoms with E-state index in [-0.39, 0.29) is 0 Å². The van der Waals surface area contributed by atoms with Gasteiger partial charge in [-0.15, -0.1) is 11.3 Å². The maximum Gasteiger partial charge on any atom is 0.191 e. The van der Waals surface area contributed by atoms with Gasteiger partial charge >= 0.3 is 0 Å². The molecule has 1 aromatic heterocycles. The van der Waals surface area contributed by atoms with E-state index >= 15 is 0 Å². The van der Waals surface area contributed by atoms with Crippen molar-refractivity contribution in [1.82, 2.24) is 15.6 Å². The van der Waals surface area contributed by atoms with Crippen LogP contribution in [0.4, 0.5) is 0 Å². The summed E-state index contributed by atoms with van der Waals surface area (Å²) in [6.45, 7) is 6.68. The number of ether oxygens (including phenoxy) is 1. The molecule has 0 bridgehead atoms. The summed E-state index contributed by atoms with van der Waals surface area (Å²) in [6.07, 6.45) is 4.90. The second-order valence-electron chi connectivity index (χ2n) is 5.75. The van der Waals surface area contributed by atoms with Crippen LogP contribution in [0.3, 0.4) is 0 Å². The molecule has 25 heavy (non-hydrogen) atoms. The van der Waals surface area contributed by atoms with Gasteiger partial charge in [0.1, 0.15) is 5.75 Å². The van der Waals surface area contributed by atoms with Crippen molar-refractivity contribution in [1.29, 1.82) is 0 Å². The van der Waals surface area contributed by atoms with Gasteiger partial charge in [-0.3, -0.25) is 4.99 Å². The average Bonchev–Trinajstić information content (AvgIpc) is 3.04. The third kappa shape index (κ3) is 7.13. The normalized spacial score (nSPS) is 11.4. The predicted molar refractivity (Wildman–Crippen MR) is 106 cm³/mol. The van der Waals surface area contributed by atoms with E-state index in [1.807, 2.05) is 18.3 Å². The summed E-state index contributed by atoms with van der Waals surface area (Å²) in [4.78, 5) is 10.3. The molecule has 2 aromatic rings. The Morgan fingerprint density at radius 3 is 2.64 bits per heavy atom. The van der Waals surface area contributed by atoms with Crippen LogP contribution >= 0.6 is 11.3 Å². The summed E-state index contributed by atoms with van der Waals surface area (Å²) in [5, 5.41) is 7.84. The second kappa shape index (κ2) is 10.7. The van der Waals surface area contributed by atoms with Gasteiger partial charge in [0.05, 0.1) is 12.1 Å². The summed E-state index contributed by atoms with van der Waals surface area (Å²) in [5.41, 5.74) is 1.31. The van der Waals surface area contributed by atoms with Crippen LogP contribution < -0.4 is 15.4 Å². The molecule has 136 valence electrons. The van der Waals surface area contributed by atoms with E-state index in [1.165, 1.54) is 15.4 Å². The van der Waals surface area contributed by atoms with Crippen LogP contribution in [0.1, 0.15) is 28.8 Å². The Kier molecular flexibility index (Phi) is 8.25. The SMILES string of the molecule is CCNC(=NCCCc1ccc(OC)cc1)NCCc1ncc(C)s1. The average molecular weight is 361 g/mol. The van der Waals surface area contributed by atoms with E-state index in [0.29, 0.717) is 0 Å².